The summed E-state index contributed by atoms with van der Waals surface area (Å²) in [6.45, 7) is 0. The second-order valence-corrected chi connectivity index (χ2v) is 5.64. The van der Waals surface area contributed by atoms with Gasteiger partial charge in [-0.2, -0.15) is 18.3 Å². The standard InChI is InChI=1S/C15H7Cl2F3N4O/c16-11-4-9(15(18,19)20)6-22-12(11)8-5-23-24(7-8)14(25)10-2-1-3-21-13(10)17/h1-7H. The lowest BCUT2D eigenvalue weighted by Gasteiger charge is -2.08. The van der Waals surface area contributed by atoms with Gasteiger partial charge in [-0.3, -0.25) is 9.78 Å². The molecule has 0 spiro atoms. The molecule has 0 fully saturated rings. The van der Waals surface area contributed by atoms with Gasteiger partial charge in [0.25, 0.3) is 5.91 Å². The molecule has 3 heterocycles. The predicted octanol–water partition coefficient (Wildman–Crippen LogP) is 4.35. The Morgan fingerprint density at radius 1 is 1.16 bits per heavy atom. The van der Waals surface area contributed by atoms with Crippen molar-refractivity contribution < 1.29 is 18.0 Å². The molecular weight excluding hydrogens is 380 g/mol. The molecule has 3 aromatic rings. The van der Waals surface area contributed by atoms with Gasteiger partial charge in [0, 0.05) is 24.2 Å². The zero-order chi connectivity index (χ0) is 18.2. The van der Waals surface area contributed by atoms with Crippen LogP contribution < -0.4 is 0 Å². The molecule has 0 aliphatic heterocycles. The Balaban J connectivity index is 1.94. The summed E-state index contributed by atoms with van der Waals surface area (Å²) >= 11 is 11.8. The van der Waals surface area contributed by atoms with Crippen molar-refractivity contribution in [3.63, 3.8) is 0 Å². The smallest absolute Gasteiger partial charge is 0.267 e. The minimum Gasteiger partial charge on any atom is -0.267 e. The number of pyridine rings is 2. The molecule has 0 aromatic carbocycles. The number of halogens is 5. The lowest BCUT2D eigenvalue weighted by atomic mass is 10.2. The number of nitrogens with zero attached hydrogens (tertiary/aromatic N) is 4. The molecule has 0 N–H and O–H groups in total. The number of carbonyl (C=O) groups is 1. The van der Waals surface area contributed by atoms with Crippen LogP contribution in [0.15, 0.2) is 43.0 Å². The van der Waals surface area contributed by atoms with E-state index in [-0.39, 0.29) is 27.0 Å². The van der Waals surface area contributed by atoms with Crippen LogP contribution >= 0.6 is 23.2 Å². The van der Waals surface area contributed by atoms with Gasteiger partial charge in [0.2, 0.25) is 0 Å². The van der Waals surface area contributed by atoms with Crippen LogP contribution in [0.4, 0.5) is 13.2 Å². The van der Waals surface area contributed by atoms with Crippen LogP contribution in [0.3, 0.4) is 0 Å². The topological polar surface area (TPSA) is 60.7 Å². The van der Waals surface area contributed by atoms with Crippen molar-refractivity contribution in [3.05, 3.63) is 64.3 Å². The van der Waals surface area contributed by atoms with Crippen LogP contribution in [0.2, 0.25) is 10.2 Å². The molecule has 3 aromatic heterocycles. The molecule has 0 bridgehead atoms. The van der Waals surface area contributed by atoms with Crippen molar-refractivity contribution in [1.82, 2.24) is 19.7 Å². The SMILES string of the molecule is O=C(c1cccnc1Cl)n1cc(-c2ncc(C(F)(F)F)cc2Cl)cn1. The summed E-state index contributed by atoms with van der Waals surface area (Å²) in [5, 5.41) is 3.68. The third-order valence-corrected chi connectivity index (χ3v) is 3.81. The van der Waals surface area contributed by atoms with Crippen molar-refractivity contribution in [2.75, 3.05) is 0 Å². The Kier molecular flexibility index (Phi) is 4.49. The monoisotopic (exact) mass is 386 g/mol. The summed E-state index contributed by atoms with van der Waals surface area (Å²) in [7, 11) is 0. The summed E-state index contributed by atoms with van der Waals surface area (Å²) in [4.78, 5) is 19.9. The van der Waals surface area contributed by atoms with Gasteiger partial charge in [-0.15, -0.1) is 0 Å². The van der Waals surface area contributed by atoms with E-state index in [1.807, 2.05) is 0 Å². The van der Waals surface area contributed by atoms with Gasteiger partial charge in [-0.1, -0.05) is 23.2 Å². The first-order valence-corrected chi connectivity index (χ1v) is 7.46. The van der Waals surface area contributed by atoms with Gasteiger partial charge in [0.1, 0.15) is 5.15 Å². The third-order valence-electron chi connectivity index (χ3n) is 3.22. The predicted molar refractivity (Wildman–Crippen MR) is 84.4 cm³/mol. The van der Waals surface area contributed by atoms with E-state index in [2.05, 4.69) is 15.1 Å². The van der Waals surface area contributed by atoms with Crippen molar-refractivity contribution in [2.45, 2.75) is 6.18 Å². The zero-order valence-corrected chi connectivity index (χ0v) is 13.6. The fraction of sp³-hybridized carbons (Fsp3) is 0.0667. The summed E-state index contributed by atoms with van der Waals surface area (Å²) < 4.78 is 39.0. The van der Waals surface area contributed by atoms with Crippen LogP contribution in [0, 0.1) is 0 Å². The average Bonchev–Trinajstić information content (AvgIpc) is 3.03. The molecule has 0 saturated heterocycles. The molecule has 3 rings (SSSR count). The first-order chi connectivity index (χ1) is 11.8. The van der Waals surface area contributed by atoms with E-state index in [9.17, 15) is 18.0 Å². The number of alkyl halides is 3. The van der Waals surface area contributed by atoms with Crippen LogP contribution in [-0.2, 0) is 6.18 Å². The maximum absolute atomic E-state index is 12.7. The highest BCUT2D eigenvalue weighted by molar-refractivity contribution is 6.33. The van der Waals surface area contributed by atoms with E-state index in [0.29, 0.717) is 6.20 Å². The Labute approximate surface area is 149 Å². The molecule has 0 aliphatic rings. The van der Waals surface area contributed by atoms with Crippen molar-refractivity contribution in [1.29, 1.82) is 0 Å². The van der Waals surface area contributed by atoms with Gasteiger partial charge in [0.15, 0.2) is 0 Å². The lowest BCUT2D eigenvalue weighted by Crippen LogP contribution is -2.13. The van der Waals surface area contributed by atoms with E-state index < -0.39 is 17.6 Å². The van der Waals surface area contributed by atoms with E-state index in [1.165, 1.54) is 30.7 Å². The molecular formula is C15H7Cl2F3N4O. The summed E-state index contributed by atoms with van der Waals surface area (Å²) in [6.07, 6.45) is 0.112. The zero-order valence-electron chi connectivity index (χ0n) is 12.1. The van der Waals surface area contributed by atoms with Gasteiger partial charge >= 0.3 is 6.18 Å². The highest BCUT2D eigenvalue weighted by atomic mass is 35.5. The molecule has 0 saturated carbocycles. The summed E-state index contributed by atoms with van der Waals surface area (Å²) in [5.41, 5.74) is -0.477. The molecule has 0 aliphatic carbocycles. The van der Waals surface area contributed by atoms with E-state index >= 15 is 0 Å². The number of hydrogen-bond donors (Lipinski definition) is 0. The largest absolute Gasteiger partial charge is 0.417 e. The fourth-order valence-electron chi connectivity index (χ4n) is 2.03. The number of hydrogen-bond acceptors (Lipinski definition) is 4. The van der Waals surface area contributed by atoms with E-state index in [0.717, 1.165) is 10.7 Å². The van der Waals surface area contributed by atoms with Gasteiger partial charge in [-0.25, -0.2) is 9.67 Å². The molecule has 0 unspecified atom stereocenters. The first kappa shape index (κ1) is 17.4. The third kappa shape index (κ3) is 3.49. The normalized spacial score (nSPS) is 11.6. The van der Waals surface area contributed by atoms with Crippen LogP contribution in [0.25, 0.3) is 11.3 Å². The van der Waals surface area contributed by atoms with Gasteiger partial charge in [-0.05, 0) is 18.2 Å². The number of carbonyl (C=O) groups excluding carboxylic acids is 1. The van der Waals surface area contributed by atoms with Crippen LogP contribution in [0.1, 0.15) is 15.9 Å². The quantitative estimate of drug-likeness (QED) is 0.614. The van der Waals surface area contributed by atoms with Crippen molar-refractivity contribution in [3.8, 4) is 11.3 Å². The van der Waals surface area contributed by atoms with Crippen LogP contribution in [0.5, 0.6) is 0 Å². The van der Waals surface area contributed by atoms with Gasteiger partial charge in [0.05, 0.1) is 28.0 Å². The molecule has 128 valence electrons. The lowest BCUT2D eigenvalue weighted by molar-refractivity contribution is -0.137. The number of rotatable bonds is 2. The highest BCUT2D eigenvalue weighted by Gasteiger charge is 2.31. The Hall–Kier alpha value is -2.45. The molecule has 0 radical (unpaired) electrons. The second-order valence-electron chi connectivity index (χ2n) is 4.87. The van der Waals surface area contributed by atoms with Gasteiger partial charge < -0.3 is 0 Å². The Morgan fingerprint density at radius 3 is 2.56 bits per heavy atom. The molecule has 25 heavy (non-hydrogen) atoms. The molecule has 5 nitrogen and oxygen atoms in total. The maximum atomic E-state index is 12.7. The number of aromatic nitrogens is 4. The summed E-state index contributed by atoms with van der Waals surface area (Å²) in [5.74, 6) is -0.549. The first-order valence-electron chi connectivity index (χ1n) is 6.70. The Morgan fingerprint density at radius 2 is 1.92 bits per heavy atom. The van der Waals surface area contributed by atoms with Crippen LogP contribution in [-0.4, -0.2) is 25.7 Å². The fourth-order valence-corrected chi connectivity index (χ4v) is 2.51. The minimum absolute atomic E-state index is 0.00948. The Bertz CT molecular complexity index is 956. The maximum Gasteiger partial charge on any atom is 0.417 e. The minimum atomic E-state index is -4.55. The molecule has 10 heteroatoms. The molecule has 0 atom stereocenters. The van der Waals surface area contributed by atoms with Crippen molar-refractivity contribution in [2.24, 2.45) is 0 Å². The molecule has 0 amide bonds. The van der Waals surface area contributed by atoms with Crippen molar-refractivity contribution >= 4 is 29.1 Å². The highest BCUT2D eigenvalue weighted by Crippen LogP contribution is 2.33. The average molecular weight is 387 g/mol. The van der Waals surface area contributed by atoms with E-state index in [4.69, 9.17) is 23.2 Å². The second kappa shape index (κ2) is 6.45. The van der Waals surface area contributed by atoms with E-state index in [1.54, 1.807) is 0 Å². The summed E-state index contributed by atoms with van der Waals surface area (Å²) in [6, 6.07) is 3.78.